The molecule has 92 valence electrons. The van der Waals surface area contributed by atoms with Gasteiger partial charge in [-0.2, -0.15) is 0 Å². The van der Waals surface area contributed by atoms with Crippen LogP contribution in [0.2, 0.25) is 0 Å². The third-order valence-corrected chi connectivity index (χ3v) is 4.47. The van der Waals surface area contributed by atoms with Crippen molar-refractivity contribution in [1.29, 1.82) is 0 Å². The molecule has 1 saturated heterocycles. The van der Waals surface area contributed by atoms with Gasteiger partial charge in [-0.1, -0.05) is 6.07 Å². The summed E-state index contributed by atoms with van der Waals surface area (Å²) in [5.74, 6) is -0.139. The van der Waals surface area contributed by atoms with Crippen molar-refractivity contribution in [3.05, 3.63) is 35.1 Å². The second-order valence-corrected chi connectivity index (χ2v) is 5.46. The summed E-state index contributed by atoms with van der Waals surface area (Å²) >= 11 is 0. The van der Waals surface area contributed by atoms with E-state index in [-0.39, 0.29) is 17.3 Å². The van der Waals surface area contributed by atoms with E-state index in [2.05, 4.69) is 5.32 Å². The van der Waals surface area contributed by atoms with Crippen LogP contribution in [-0.4, -0.2) is 13.1 Å². The smallest absolute Gasteiger partial charge is 0.123 e. The van der Waals surface area contributed by atoms with Crippen molar-refractivity contribution in [3.63, 3.8) is 0 Å². The fourth-order valence-corrected chi connectivity index (χ4v) is 3.49. The third kappa shape index (κ3) is 1.78. The largest absolute Gasteiger partial charge is 0.323 e. The Bertz CT molecular complexity index is 422. The van der Waals surface area contributed by atoms with E-state index in [9.17, 15) is 4.39 Å². The highest BCUT2D eigenvalue weighted by molar-refractivity contribution is 5.38. The van der Waals surface area contributed by atoms with Crippen LogP contribution < -0.4 is 11.1 Å². The molecule has 1 unspecified atom stereocenters. The van der Waals surface area contributed by atoms with Crippen LogP contribution >= 0.6 is 0 Å². The summed E-state index contributed by atoms with van der Waals surface area (Å²) in [5, 5.41) is 3.43. The summed E-state index contributed by atoms with van der Waals surface area (Å²) < 4.78 is 13.3. The van der Waals surface area contributed by atoms with Crippen LogP contribution in [0.3, 0.4) is 0 Å². The van der Waals surface area contributed by atoms with Crippen molar-refractivity contribution in [3.8, 4) is 0 Å². The normalized spacial score (nSPS) is 32.5. The van der Waals surface area contributed by atoms with Crippen LogP contribution in [0.4, 0.5) is 4.39 Å². The minimum Gasteiger partial charge on any atom is -0.323 e. The minimum atomic E-state index is -0.139. The maximum atomic E-state index is 13.3. The van der Waals surface area contributed by atoms with Gasteiger partial charge in [0, 0.05) is 6.04 Å². The molecule has 0 radical (unpaired) electrons. The Labute approximate surface area is 101 Å². The van der Waals surface area contributed by atoms with Crippen LogP contribution in [0.5, 0.6) is 0 Å². The standard InChI is InChI=1S/C14H19FN2/c15-11-2-3-12-10(8-11)9-14(13(12)16)4-1-6-17-7-5-14/h2-3,8,13,17H,1,4-7,9,16H2/t13-,14?/m1/s1. The number of fused-ring (bicyclic) bond motifs is 1. The number of rotatable bonds is 0. The number of hydrogen-bond acceptors (Lipinski definition) is 2. The van der Waals surface area contributed by atoms with Crippen LogP contribution in [0.15, 0.2) is 18.2 Å². The number of hydrogen-bond donors (Lipinski definition) is 2. The molecule has 17 heavy (non-hydrogen) atoms. The third-order valence-electron chi connectivity index (χ3n) is 4.47. The lowest BCUT2D eigenvalue weighted by Crippen LogP contribution is -2.32. The van der Waals surface area contributed by atoms with Crippen LogP contribution in [0.25, 0.3) is 0 Å². The second-order valence-electron chi connectivity index (χ2n) is 5.46. The first-order valence-corrected chi connectivity index (χ1v) is 6.46. The minimum absolute atomic E-state index is 0.0815. The molecule has 2 atom stereocenters. The van der Waals surface area contributed by atoms with Crippen LogP contribution in [-0.2, 0) is 6.42 Å². The number of halogens is 1. The molecule has 1 fully saturated rings. The molecule has 2 aliphatic rings. The highest BCUT2D eigenvalue weighted by Crippen LogP contribution is 2.50. The Kier molecular flexibility index (Phi) is 2.68. The van der Waals surface area contributed by atoms with Crippen molar-refractivity contribution in [2.45, 2.75) is 31.7 Å². The topological polar surface area (TPSA) is 38.0 Å². The van der Waals surface area contributed by atoms with Gasteiger partial charge in [-0.3, -0.25) is 0 Å². The maximum absolute atomic E-state index is 13.3. The summed E-state index contributed by atoms with van der Waals surface area (Å²) in [5.41, 5.74) is 8.88. The molecule has 3 N–H and O–H groups in total. The van der Waals surface area contributed by atoms with E-state index in [1.54, 1.807) is 6.07 Å². The van der Waals surface area contributed by atoms with Gasteiger partial charge in [-0.15, -0.1) is 0 Å². The predicted molar refractivity (Wildman–Crippen MR) is 66.2 cm³/mol. The van der Waals surface area contributed by atoms with Crippen molar-refractivity contribution < 1.29 is 4.39 Å². The molecular formula is C14H19FN2. The monoisotopic (exact) mass is 234 g/mol. The van der Waals surface area contributed by atoms with Crippen molar-refractivity contribution in [2.75, 3.05) is 13.1 Å². The molecule has 0 bridgehead atoms. The average Bonchev–Trinajstić information content (AvgIpc) is 2.49. The fraction of sp³-hybridized carbons (Fsp3) is 0.571. The first kappa shape index (κ1) is 11.2. The molecule has 1 aliphatic heterocycles. The first-order chi connectivity index (χ1) is 8.21. The molecular weight excluding hydrogens is 215 g/mol. The van der Waals surface area contributed by atoms with Crippen molar-refractivity contribution in [2.24, 2.45) is 11.1 Å². The average molecular weight is 234 g/mol. The van der Waals surface area contributed by atoms with Crippen LogP contribution in [0, 0.1) is 11.2 Å². The van der Waals surface area contributed by atoms with Gasteiger partial charge in [-0.05, 0) is 67.4 Å². The molecule has 0 amide bonds. The molecule has 3 heteroatoms. The van der Waals surface area contributed by atoms with Gasteiger partial charge in [0.15, 0.2) is 0 Å². The summed E-state index contributed by atoms with van der Waals surface area (Å²) in [4.78, 5) is 0. The summed E-state index contributed by atoms with van der Waals surface area (Å²) in [6, 6.07) is 5.16. The predicted octanol–water partition coefficient (Wildman–Crippen LogP) is 2.14. The van der Waals surface area contributed by atoms with Gasteiger partial charge < -0.3 is 11.1 Å². The van der Waals surface area contributed by atoms with E-state index >= 15 is 0 Å². The van der Waals surface area contributed by atoms with Gasteiger partial charge >= 0.3 is 0 Å². The van der Waals surface area contributed by atoms with Gasteiger partial charge in [-0.25, -0.2) is 4.39 Å². The zero-order valence-corrected chi connectivity index (χ0v) is 10.0. The van der Waals surface area contributed by atoms with E-state index < -0.39 is 0 Å². The zero-order valence-electron chi connectivity index (χ0n) is 10.0. The van der Waals surface area contributed by atoms with Gasteiger partial charge in [0.25, 0.3) is 0 Å². The van der Waals surface area contributed by atoms with Crippen molar-refractivity contribution in [1.82, 2.24) is 5.32 Å². The Morgan fingerprint density at radius 2 is 2.18 bits per heavy atom. The van der Waals surface area contributed by atoms with E-state index in [4.69, 9.17) is 5.73 Å². The first-order valence-electron chi connectivity index (χ1n) is 6.46. The molecule has 1 heterocycles. The van der Waals surface area contributed by atoms with Crippen LogP contribution in [0.1, 0.15) is 36.4 Å². The lowest BCUT2D eigenvalue weighted by atomic mass is 9.75. The van der Waals surface area contributed by atoms with Gasteiger partial charge in [0.05, 0.1) is 0 Å². The van der Waals surface area contributed by atoms with Crippen molar-refractivity contribution >= 4 is 0 Å². The highest BCUT2D eigenvalue weighted by atomic mass is 19.1. The maximum Gasteiger partial charge on any atom is 0.123 e. The molecule has 1 spiro atoms. The summed E-state index contributed by atoms with van der Waals surface area (Å²) in [6.07, 6.45) is 4.37. The zero-order chi connectivity index (χ0) is 11.9. The summed E-state index contributed by atoms with van der Waals surface area (Å²) in [7, 11) is 0. The number of benzene rings is 1. The van der Waals surface area contributed by atoms with E-state index in [1.165, 1.54) is 12.5 Å². The lowest BCUT2D eigenvalue weighted by molar-refractivity contribution is 0.216. The molecule has 1 aliphatic carbocycles. The highest BCUT2D eigenvalue weighted by Gasteiger charge is 2.43. The lowest BCUT2D eigenvalue weighted by Gasteiger charge is -2.32. The van der Waals surface area contributed by atoms with Gasteiger partial charge in [0.2, 0.25) is 0 Å². The van der Waals surface area contributed by atoms with E-state index in [1.807, 2.05) is 6.07 Å². The quantitative estimate of drug-likeness (QED) is 0.722. The SMILES string of the molecule is N[C@@H]1c2ccc(F)cc2CC12CCCNCC2. The van der Waals surface area contributed by atoms with Gasteiger partial charge in [0.1, 0.15) is 5.82 Å². The molecule has 0 saturated carbocycles. The number of nitrogens with two attached hydrogens (primary N) is 1. The molecule has 0 aromatic heterocycles. The molecule has 2 nitrogen and oxygen atoms in total. The molecule has 3 rings (SSSR count). The Hall–Kier alpha value is -0.930. The van der Waals surface area contributed by atoms with E-state index in [0.29, 0.717) is 0 Å². The Balaban J connectivity index is 1.96. The number of nitrogens with one attached hydrogen (secondary N) is 1. The summed E-state index contributed by atoms with van der Waals surface area (Å²) in [6.45, 7) is 2.11. The molecule has 1 aromatic carbocycles. The second kappa shape index (κ2) is 4.07. The fourth-order valence-electron chi connectivity index (χ4n) is 3.49. The molecule has 1 aromatic rings. The van der Waals surface area contributed by atoms with E-state index in [0.717, 1.165) is 43.5 Å². The Morgan fingerprint density at radius 1 is 1.29 bits per heavy atom. The Morgan fingerprint density at radius 3 is 3.06 bits per heavy atom.